The van der Waals surface area contributed by atoms with Gasteiger partial charge in [-0.25, -0.2) is 0 Å². The molecule has 0 spiro atoms. The minimum absolute atomic E-state index is 0. The fourth-order valence-electron chi connectivity index (χ4n) is 3.47. The molecule has 3 rings (SSSR count). The second-order valence-corrected chi connectivity index (χ2v) is 7.65. The molecule has 1 aromatic carbocycles. The van der Waals surface area contributed by atoms with Crippen molar-refractivity contribution in [2.45, 2.75) is 12.6 Å². The Bertz CT molecular complexity index is 745. The van der Waals surface area contributed by atoms with E-state index in [0.717, 1.165) is 55.9 Å². The van der Waals surface area contributed by atoms with Gasteiger partial charge in [0.1, 0.15) is 6.26 Å². The molecular weight excluding hydrogens is 503 g/mol. The molecule has 1 saturated heterocycles. The highest BCUT2D eigenvalue weighted by Crippen LogP contribution is 2.20. The second kappa shape index (κ2) is 11.7. The monoisotopic (exact) mass is 532 g/mol. The van der Waals surface area contributed by atoms with Crippen molar-refractivity contribution in [3.8, 4) is 0 Å². The first-order valence-electron chi connectivity index (χ1n) is 9.56. The number of halogens is 2. The first kappa shape index (κ1) is 23.9. The van der Waals surface area contributed by atoms with Crippen LogP contribution in [0.4, 0.5) is 0 Å². The van der Waals surface area contributed by atoms with E-state index >= 15 is 0 Å². The van der Waals surface area contributed by atoms with E-state index in [-0.39, 0.29) is 30.0 Å². The molecule has 1 aliphatic rings. The van der Waals surface area contributed by atoms with E-state index < -0.39 is 0 Å². The molecule has 1 aromatic heterocycles. The molecule has 1 fully saturated rings. The molecule has 1 aliphatic heterocycles. The second-order valence-electron chi connectivity index (χ2n) is 7.21. The number of nitrogens with zero attached hydrogens (tertiary/aromatic N) is 5. The van der Waals surface area contributed by atoms with Gasteiger partial charge < -0.3 is 19.6 Å². The number of aromatic nitrogens is 1. The van der Waals surface area contributed by atoms with E-state index in [4.69, 9.17) is 16.1 Å². The Balaban J connectivity index is 0.00000300. The highest BCUT2D eigenvalue weighted by Gasteiger charge is 2.22. The van der Waals surface area contributed by atoms with E-state index in [2.05, 4.69) is 56.4 Å². The van der Waals surface area contributed by atoms with E-state index in [1.54, 1.807) is 6.26 Å². The van der Waals surface area contributed by atoms with Crippen molar-refractivity contribution in [2.24, 2.45) is 4.99 Å². The molecule has 0 amide bonds. The molecule has 0 bridgehead atoms. The lowest BCUT2D eigenvalue weighted by Crippen LogP contribution is -2.53. The fraction of sp³-hybridized carbons (Fsp3) is 0.500. The Labute approximate surface area is 195 Å². The number of guanidine groups is 1. The predicted molar refractivity (Wildman–Crippen MR) is 128 cm³/mol. The number of benzene rings is 1. The molecule has 29 heavy (non-hydrogen) atoms. The van der Waals surface area contributed by atoms with Gasteiger partial charge >= 0.3 is 0 Å². The third kappa shape index (κ3) is 6.84. The molecule has 2 heterocycles. The van der Waals surface area contributed by atoms with Gasteiger partial charge in [-0.3, -0.25) is 9.89 Å². The van der Waals surface area contributed by atoms with Gasteiger partial charge in [0, 0.05) is 57.4 Å². The van der Waals surface area contributed by atoms with Crippen molar-refractivity contribution in [3.63, 3.8) is 0 Å². The Morgan fingerprint density at radius 3 is 2.45 bits per heavy atom. The predicted octanol–water partition coefficient (Wildman–Crippen LogP) is 2.94. The molecule has 0 radical (unpaired) electrons. The molecule has 9 heteroatoms. The summed E-state index contributed by atoms with van der Waals surface area (Å²) in [6, 6.07) is 10.2. The summed E-state index contributed by atoms with van der Waals surface area (Å²) in [6.07, 6.45) is 1.62. The lowest BCUT2D eigenvalue weighted by molar-refractivity contribution is 0.168. The summed E-state index contributed by atoms with van der Waals surface area (Å²) in [5.74, 6) is 0.946. The van der Waals surface area contributed by atoms with Crippen LogP contribution in [-0.4, -0.2) is 79.7 Å². The third-order valence-corrected chi connectivity index (χ3v) is 5.34. The molecule has 7 nitrogen and oxygen atoms in total. The molecule has 1 N–H and O–H groups in total. The van der Waals surface area contributed by atoms with Gasteiger partial charge in [-0.1, -0.05) is 28.9 Å². The van der Waals surface area contributed by atoms with E-state index in [1.807, 2.05) is 25.2 Å². The van der Waals surface area contributed by atoms with Gasteiger partial charge in [0.15, 0.2) is 5.96 Å². The Morgan fingerprint density at radius 2 is 1.90 bits per heavy atom. The number of hydrogen-bond acceptors (Lipinski definition) is 5. The fourth-order valence-corrected chi connectivity index (χ4v) is 3.60. The average molecular weight is 533 g/mol. The van der Waals surface area contributed by atoms with E-state index in [9.17, 15) is 0 Å². The van der Waals surface area contributed by atoms with Crippen LogP contribution in [0.5, 0.6) is 0 Å². The summed E-state index contributed by atoms with van der Waals surface area (Å²) in [6.45, 7) is 5.43. The van der Waals surface area contributed by atoms with Gasteiger partial charge in [-0.15, -0.1) is 24.0 Å². The number of rotatable bonds is 6. The quantitative estimate of drug-likeness (QED) is 0.351. The zero-order chi connectivity index (χ0) is 19.9. The van der Waals surface area contributed by atoms with Crippen molar-refractivity contribution in [1.82, 2.24) is 25.2 Å². The molecule has 0 aliphatic carbocycles. The van der Waals surface area contributed by atoms with Crippen LogP contribution >= 0.6 is 35.6 Å². The van der Waals surface area contributed by atoms with Crippen molar-refractivity contribution >= 4 is 41.5 Å². The highest BCUT2D eigenvalue weighted by atomic mass is 127. The van der Waals surface area contributed by atoms with Crippen molar-refractivity contribution in [1.29, 1.82) is 0 Å². The maximum absolute atomic E-state index is 6.04. The van der Waals surface area contributed by atoms with Gasteiger partial charge in [-0.2, -0.15) is 0 Å². The van der Waals surface area contributed by atoms with E-state index in [1.165, 1.54) is 5.56 Å². The van der Waals surface area contributed by atoms with Crippen LogP contribution in [0.25, 0.3) is 0 Å². The van der Waals surface area contributed by atoms with Gasteiger partial charge in [0.2, 0.25) is 0 Å². The standard InChI is InChI=1S/C20H29ClN6O.HI/c1-22-20(23-14-19(25(2)3)16-4-6-17(21)7-5-16)27-11-9-26(10-12-27)15-18-8-13-28-24-18;/h4-8,13,19H,9-12,14-15H2,1-3H3,(H,22,23);1H. The summed E-state index contributed by atoms with van der Waals surface area (Å²) in [5, 5.41) is 8.31. The number of likely N-dealkylation sites (N-methyl/N-ethyl adjacent to an activating group) is 1. The van der Waals surface area contributed by atoms with Crippen LogP contribution in [0.3, 0.4) is 0 Å². The van der Waals surface area contributed by atoms with Crippen molar-refractivity contribution < 1.29 is 4.52 Å². The van der Waals surface area contributed by atoms with Crippen molar-refractivity contribution in [2.75, 3.05) is 53.9 Å². The first-order valence-corrected chi connectivity index (χ1v) is 9.93. The molecule has 160 valence electrons. The summed E-state index contributed by atoms with van der Waals surface area (Å²) >= 11 is 6.04. The van der Waals surface area contributed by atoms with Crippen LogP contribution in [-0.2, 0) is 6.54 Å². The maximum Gasteiger partial charge on any atom is 0.193 e. The van der Waals surface area contributed by atoms with Crippen molar-refractivity contribution in [3.05, 3.63) is 52.9 Å². The lowest BCUT2D eigenvalue weighted by Gasteiger charge is -2.37. The minimum atomic E-state index is 0. The molecular formula is C20H30ClIN6O. The summed E-state index contributed by atoms with van der Waals surface area (Å²) in [7, 11) is 6.02. The largest absolute Gasteiger partial charge is 0.364 e. The molecule has 1 atom stereocenters. The Kier molecular flexibility index (Phi) is 9.67. The van der Waals surface area contributed by atoms with Gasteiger partial charge in [-0.05, 0) is 31.8 Å². The van der Waals surface area contributed by atoms with Crippen LogP contribution in [0.1, 0.15) is 17.3 Å². The highest BCUT2D eigenvalue weighted by molar-refractivity contribution is 14.0. The summed E-state index contributed by atoms with van der Waals surface area (Å²) in [5.41, 5.74) is 2.21. The Hall–Kier alpha value is -1.36. The smallest absolute Gasteiger partial charge is 0.193 e. The number of hydrogen-bond donors (Lipinski definition) is 1. The SMILES string of the molecule is CN=C(NCC(c1ccc(Cl)cc1)N(C)C)N1CCN(Cc2ccon2)CC1.I. The maximum atomic E-state index is 6.04. The topological polar surface area (TPSA) is 60.1 Å². The molecule has 1 unspecified atom stereocenters. The van der Waals surface area contributed by atoms with Gasteiger partial charge in [0.05, 0.1) is 11.7 Å². The van der Waals surface area contributed by atoms with Crippen LogP contribution in [0, 0.1) is 0 Å². The molecule has 0 saturated carbocycles. The zero-order valence-electron chi connectivity index (χ0n) is 17.2. The first-order chi connectivity index (χ1) is 13.6. The van der Waals surface area contributed by atoms with Gasteiger partial charge in [0.25, 0.3) is 0 Å². The van der Waals surface area contributed by atoms with Crippen LogP contribution < -0.4 is 5.32 Å². The third-order valence-electron chi connectivity index (χ3n) is 5.09. The lowest BCUT2D eigenvalue weighted by atomic mass is 10.1. The van der Waals surface area contributed by atoms with Crippen LogP contribution in [0.15, 0.2) is 46.1 Å². The number of nitrogens with one attached hydrogen (secondary N) is 1. The average Bonchev–Trinajstić information content (AvgIpc) is 3.20. The minimum Gasteiger partial charge on any atom is -0.364 e. The Morgan fingerprint density at radius 1 is 1.21 bits per heavy atom. The van der Waals surface area contributed by atoms with Crippen LogP contribution in [0.2, 0.25) is 5.02 Å². The summed E-state index contributed by atoms with van der Waals surface area (Å²) < 4.78 is 4.92. The number of aliphatic imine (C=N–C) groups is 1. The zero-order valence-corrected chi connectivity index (χ0v) is 20.3. The summed E-state index contributed by atoms with van der Waals surface area (Å²) in [4.78, 5) is 11.4. The molecule has 2 aromatic rings. The van der Waals surface area contributed by atoms with E-state index in [0.29, 0.717) is 0 Å². The normalized spacial score (nSPS) is 16.6. The number of piperazine rings is 1.